The molecule has 2 aromatic heterocycles. The number of benzene rings is 1. The molecule has 9 nitrogen and oxygen atoms in total. The minimum absolute atomic E-state index is 0.0470. The smallest absolute Gasteiger partial charge is 0.338 e. The number of nitrogens with zero attached hydrogens (tertiary/aromatic N) is 4. The fraction of sp³-hybridized carbons (Fsp3) is 0.393. The topological polar surface area (TPSA) is 119 Å². The molecule has 0 saturated heterocycles. The second kappa shape index (κ2) is 11.0. The van der Waals surface area contributed by atoms with Gasteiger partial charge < -0.3 is 15.2 Å². The first-order valence-electron chi connectivity index (χ1n) is 13.3. The lowest BCUT2D eigenvalue weighted by atomic mass is 9.80. The number of fused-ring (bicyclic) bond motifs is 1. The van der Waals surface area contributed by atoms with Crippen molar-refractivity contribution in [1.29, 1.82) is 0 Å². The third-order valence-electron chi connectivity index (χ3n) is 7.90. The van der Waals surface area contributed by atoms with Gasteiger partial charge >= 0.3 is 11.9 Å². The van der Waals surface area contributed by atoms with Gasteiger partial charge in [0, 0.05) is 35.0 Å². The average molecular weight is 602 g/mol. The van der Waals surface area contributed by atoms with Gasteiger partial charge in [-0.05, 0) is 50.7 Å². The zero-order valence-electron chi connectivity index (χ0n) is 21.9. The normalized spacial score (nSPS) is 23.8. The maximum atomic E-state index is 14.6. The number of rotatable bonds is 7. The van der Waals surface area contributed by atoms with Crippen LogP contribution in [0.15, 0.2) is 46.2 Å². The molecule has 3 aliphatic rings. The lowest BCUT2D eigenvalue weighted by molar-refractivity contribution is -0.146. The number of thiazole rings is 1. The summed E-state index contributed by atoms with van der Waals surface area (Å²) in [6.07, 6.45) is 6.54. The molecule has 41 heavy (non-hydrogen) atoms. The van der Waals surface area contributed by atoms with Crippen molar-refractivity contribution in [3.05, 3.63) is 79.7 Å². The van der Waals surface area contributed by atoms with Crippen molar-refractivity contribution in [2.75, 3.05) is 6.61 Å². The number of esters is 1. The van der Waals surface area contributed by atoms with Gasteiger partial charge in [0.25, 0.3) is 0 Å². The molecular formula is C28H26ClF2N5O4S. The first-order valence-corrected chi connectivity index (χ1v) is 14.6. The highest BCUT2D eigenvalue weighted by Crippen LogP contribution is 2.43. The van der Waals surface area contributed by atoms with Gasteiger partial charge in [0.05, 0.1) is 34.9 Å². The number of allylic oxidation sites excluding steroid dienone is 1. The van der Waals surface area contributed by atoms with E-state index in [0.717, 1.165) is 17.3 Å². The molecule has 1 aliphatic heterocycles. The number of carbonyl (C=O) groups is 2. The summed E-state index contributed by atoms with van der Waals surface area (Å²) in [4.78, 5) is 33.8. The Morgan fingerprint density at radius 1 is 1.29 bits per heavy atom. The number of hydrogen-bond donors (Lipinski definition) is 2. The van der Waals surface area contributed by atoms with Gasteiger partial charge in [0.15, 0.2) is 22.5 Å². The molecule has 0 bridgehead atoms. The molecule has 0 spiro atoms. The summed E-state index contributed by atoms with van der Waals surface area (Å²) in [5, 5.41) is 19.2. The summed E-state index contributed by atoms with van der Waals surface area (Å²) in [5.41, 5.74) is 2.86. The molecule has 0 radical (unpaired) electrons. The van der Waals surface area contributed by atoms with Gasteiger partial charge in [-0.2, -0.15) is 5.10 Å². The summed E-state index contributed by atoms with van der Waals surface area (Å²) >= 11 is 7.64. The van der Waals surface area contributed by atoms with Crippen molar-refractivity contribution in [2.45, 2.75) is 51.1 Å². The average Bonchev–Trinajstić information content (AvgIpc) is 3.60. The zero-order chi connectivity index (χ0) is 28.8. The number of aliphatic carboxylic acids is 1. The number of amidine groups is 1. The summed E-state index contributed by atoms with van der Waals surface area (Å²) < 4.78 is 35.9. The standard InChI is InChI=1S/C28H26ClF2N5O4S/c1-2-40-28(39)20-23(13-3-6-19-15(9-13)12-36(35-19)16-10-14(11-16)27(37)38)33-25(26-32-7-8-41-26)34-24(20)17-4-5-18(30)22(31)21(17)29/h4-5,7-8,12-14,16,24H,2-3,6,9-11H2,1H3,(H,33,34)(H,37,38). The largest absolute Gasteiger partial charge is 0.481 e. The third kappa shape index (κ3) is 5.03. The van der Waals surface area contributed by atoms with Crippen molar-refractivity contribution in [3.63, 3.8) is 0 Å². The van der Waals surface area contributed by atoms with Crippen LogP contribution in [0.4, 0.5) is 8.78 Å². The Balaban J connectivity index is 1.40. The van der Waals surface area contributed by atoms with Crippen molar-refractivity contribution >= 4 is 40.7 Å². The molecule has 6 rings (SSSR count). The number of halogens is 3. The molecule has 2 atom stereocenters. The van der Waals surface area contributed by atoms with E-state index in [9.17, 15) is 23.5 Å². The van der Waals surface area contributed by atoms with Crippen LogP contribution in [0.5, 0.6) is 0 Å². The minimum Gasteiger partial charge on any atom is -0.481 e. The predicted molar refractivity (Wildman–Crippen MR) is 147 cm³/mol. The number of carbonyl (C=O) groups excluding carboxylic acids is 1. The van der Waals surface area contributed by atoms with Crippen molar-refractivity contribution < 1.29 is 28.2 Å². The molecule has 214 valence electrons. The van der Waals surface area contributed by atoms with E-state index in [1.807, 2.05) is 10.9 Å². The van der Waals surface area contributed by atoms with Crippen molar-refractivity contribution in [1.82, 2.24) is 20.1 Å². The number of aryl methyl sites for hydroxylation is 1. The van der Waals surface area contributed by atoms with Gasteiger partial charge in [-0.1, -0.05) is 17.7 Å². The number of aliphatic imine (C=N–C) groups is 1. The molecule has 13 heteroatoms. The fourth-order valence-electron chi connectivity index (χ4n) is 5.71. The van der Waals surface area contributed by atoms with E-state index < -0.39 is 34.6 Å². The molecule has 1 fully saturated rings. The molecular weight excluding hydrogens is 576 g/mol. The maximum Gasteiger partial charge on any atom is 0.338 e. The van der Waals surface area contributed by atoms with Crippen LogP contribution < -0.4 is 5.32 Å². The van der Waals surface area contributed by atoms with E-state index in [1.165, 1.54) is 17.4 Å². The lowest BCUT2D eigenvalue weighted by Crippen LogP contribution is -2.38. The van der Waals surface area contributed by atoms with Crippen LogP contribution in [0.3, 0.4) is 0 Å². The van der Waals surface area contributed by atoms with E-state index in [0.29, 0.717) is 48.6 Å². The Hall–Kier alpha value is -3.64. The van der Waals surface area contributed by atoms with Gasteiger partial charge in [-0.25, -0.2) is 18.6 Å². The van der Waals surface area contributed by atoms with Gasteiger partial charge in [-0.3, -0.25) is 14.5 Å². The predicted octanol–water partition coefficient (Wildman–Crippen LogP) is 5.02. The number of hydrogen-bond acceptors (Lipinski definition) is 8. The number of carboxylic acid groups (broad SMARTS) is 1. The molecule has 1 aromatic carbocycles. The van der Waals surface area contributed by atoms with E-state index in [-0.39, 0.29) is 35.6 Å². The first kappa shape index (κ1) is 27.5. The van der Waals surface area contributed by atoms with Crippen LogP contribution >= 0.6 is 22.9 Å². The summed E-state index contributed by atoms with van der Waals surface area (Å²) in [7, 11) is 0. The number of ether oxygens (including phenoxy) is 1. The highest BCUT2D eigenvalue weighted by atomic mass is 35.5. The van der Waals surface area contributed by atoms with Crippen LogP contribution in [-0.4, -0.2) is 44.3 Å². The number of aromatic nitrogens is 3. The van der Waals surface area contributed by atoms with Crippen LogP contribution in [0.25, 0.3) is 0 Å². The Kier molecular flexibility index (Phi) is 7.37. The van der Waals surface area contributed by atoms with E-state index in [2.05, 4.69) is 10.3 Å². The zero-order valence-corrected chi connectivity index (χ0v) is 23.5. The van der Waals surface area contributed by atoms with Crippen molar-refractivity contribution in [3.8, 4) is 0 Å². The molecule has 3 heterocycles. The van der Waals surface area contributed by atoms with Crippen LogP contribution in [0.2, 0.25) is 5.02 Å². The first-order chi connectivity index (χ1) is 19.7. The van der Waals surface area contributed by atoms with Gasteiger partial charge in [0.2, 0.25) is 0 Å². The molecule has 0 amide bonds. The van der Waals surface area contributed by atoms with Crippen LogP contribution in [0.1, 0.15) is 60.1 Å². The van der Waals surface area contributed by atoms with Gasteiger partial charge in [-0.15, -0.1) is 11.3 Å². The quantitative estimate of drug-likeness (QED) is 0.288. The van der Waals surface area contributed by atoms with E-state index >= 15 is 0 Å². The summed E-state index contributed by atoms with van der Waals surface area (Å²) in [6, 6.07) is 1.29. The summed E-state index contributed by atoms with van der Waals surface area (Å²) in [5.74, 6) is -3.85. The van der Waals surface area contributed by atoms with Crippen LogP contribution in [0, 0.1) is 23.5 Å². The lowest BCUT2D eigenvalue weighted by Gasteiger charge is -2.33. The monoisotopic (exact) mass is 601 g/mol. The highest BCUT2D eigenvalue weighted by molar-refractivity contribution is 7.11. The maximum absolute atomic E-state index is 14.6. The second-order valence-electron chi connectivity index (χ2n) is 10.3. The third-order valence-corrected chi connectivity index (χ3v) is 9.06. The Morgan fingerprint density at radius 2 is 2.10 bits per heavy atom. The highest BCUT2D eigenvalue weighted by Gasteiger charge is 2.40. The minimum atomic E-state index is -1.21. The molecule has 2 unspecified atom stereocenters. The molecule has 2 N–H and O–H groups in total. The second-order valence-corrected chi connectivity index (χ2v) is 11.6. The number of carboxylic acids is 1. The van der Waals surface area contributed by atoms with Crippen molar-refractivity contribution in [2.24, 2.45) is 16.8 Å². The van der Waals surface area contributed by atoms with Gasteiger partial charge in [0.1, 0.15) is 6.04 Å². The molecule has 3 aromatic rings. The Morgan fingerprint density at radius 3 is 2.80 bits per heavy atom. The molecule has 1 saturated carbocycles. The Labute approximate surface area is 242 Å². The van der Waals surface area contributed by atoms with E-state index in [1.54, 1.807) is 18.5 Å². The van der Waals surface area contributed by atoms with Crippen LogP contribution in [-0.2, 0) is 27.2 Å². The number of nitrogens with one attached hydrogen (secondary N) is 1. The fourth-order valence-corrected chi connectivity index (χ4v) is 6.56. The van der Waals surface area contributed by atoms with E-state index in [4.69, 9.17) is 26.4 Å². The summed E-state index contributed by atoms with van der Waals surface area (Å²) in [6.45, 7) is 1.80. The SMILES string of the molecule is CCOC(=O)C1=C(C2CCc3nn(C4CC(C(=O)O)C4)cc3C2)NC(c2nccs2)=NC1c1ccc(F)c(F)c1Cl. The Bertz CT molecular complexity index is 1580. The molecule has 2 aliphatic carbocycles.